The Morgan fingerprint density at radius 1 is 1.39 bits per heavy atom. The summed E-state index contributed by atoms with van der Waals surface area (Å²) in [5.74, 6) is 1.21. The smallest absolute Gasteiger partial charge is 0.225 e. The molecule has 2 fully saturated rings. The molecule has 1 aromatic heterocycles. The van der Waals surface area contributed by atoms with E-state index in [1.54, 1.807) is 6.20 Å². The number of pyridine rings is 1. The Labute approximate surface area is 111 Å². The zero-order chi connectivity index (χ0) is 12.5. The molecule has 18 heavy (non-hydrogen) atoms. The van der Waals surface area contributed by atoms with Crippen LogP contribution in [0.5, 0.6) is 0 Å². The number of hydrogen-bond donors (Lipinski definition) is 1. The lowest BCUT2D eigenvalue weighted by Gasteiger charge is -2.17. The molecular weight excluding hydrogens is 250 g/mol. The van der Waals surface area contributed by atoms with Crippen LogP contribution in [-0.2, 0) is 4.79 Å². The summed E-state index contributed by atoms with van der Waals surface area (Å²) in [7, 11) is 0. The van der Waals surface area contributed by atoms with Gasteiger partial charge >= 0.3 is 0 Å². The van der Waals surface area contributed by atoms with Gasteiger partial charge in [-0.2, -0.15) is 0 Å². The van der Waals surface area contributed by atoms with Gasteiger partial charge in [0, 0.05) is 25.3 Å². The van der Waals surface area contributed by atoms with Gasteiger partial charge < -0.3 is 10.2 Å². The minimum atomic E-state index is 0.100. The first-order chi connectivity index (χ1) is 8.72. The van der Waals surface area contributed by atoms with Gasteiger partial charge in [0.25, 0.3) is 0 Å². The van der Waals surface area contributed by atoms with E-state index in [0.717, 1.165) is 38.2 Å². The van der Waals surface area contributed by atoms with Crippen LogP contribution in [-0.4, -0.2) is 30.0 Å². The van der Waals surface area contributed by atoms with E-state index in [2.05, 4.69) is 15.2 Å². The Balaban J connectivity index is 1.60. The fourth-order valence-electron chi connectivity index (χ4n) is 2.28. The van der Waals surface area contributed by atoms with E-state index in [9.17, 15) is 4.79 Å². The van der Waals surface area contributed by atoms with Gasteiger partial charge in [0.15, 0.2) is 0 Å². The average Bonchev–Trinajstić information content (AvgIpc) is 3.04. The van der Waals surface area contributed by atoms with Crippen LogP contribution in [0.4, 0.5) is 5.82 Å². The van der Waals surface area contributed by atoms with Crippen LogP contribution < -0.4 is 10.2 Å². The number of hydrogen-bond acceptors (Lipinski definition) is 3. The van der Waals surface area contributed by atoms with E-state index < -0.39 is 0 Å². The molecule has 1 aliphatic heterocycles. The second-order valence-corrected chi connectivity index (χ2v) is 5.49. The summed E-state index contributed by atoms with van der Waals surface area (Å²) >= 11 is 5.82. The topological polar surface area (TPSA) is 45.2 Å². The van der Waals surface area contributed by atoms with Gasteiger partial charge in [0.05, 0.1) is 10.9 Å². The van der Waals surface area contributed by atoms with E-state index in [4.69, 9.17) is 11.6 Å². The summed E-state index contributed by atoms with van der Waals surface area (Å²) in [6.07, 6.45) is 4.83. The number of carbonyl (C=O) groups excluding carboxylic acids is 1. The van der Waals surface area contributed by atoms with E-state index in [1.165, 1.54) is 0 Å². The zero-order valence-corrected chi connectivity index (χ0v) is 10.9. The number of anilines is 1. The number of amides is 1. The molecule has 1 N–H and O–H groups in total. The highest BCUT2D eigenvalue weighted by Crippen LogP contribution is 2.25. The van der Waals surface area contributed by atoms with Crippen molar-refractivity contribution in [3.63, 3.8) is 0 Å². The second-order valence-electron chi connectivity index (χ2n) is 5.05. The number of nitrogens with zero attached hydrogens (tertiary/aromatic N) is 2. The highest BCUT2D eigenvalue weighted by atomic mass is 35.5. The first kappa shape index (κ1) is 11.8. The molecule has 1 saturated heterocycles. The summed E-state index contributed by atoms with van der Waals surface area (Å²) in [6, 6.07) is 4.19. The molecule has 2 heterocycles. The molecule has 0 spiro atoms. The molecule has 0 radical (unpaired) electrons. The fraction of sp³-hybridized carbons (Fsp3) is 0.538. The standard InChI is InChI=1S/C13H16ClN3O/c14-10-1-4-12(15-7-10)17-6-5-9(8-17)13(18)16-11-2-3-11/h1,4,7,9,11H,2-3,5-6,8H2,(H,16,18). The Hall–Kier alpha value is -1.29. The average molecular weight is 266 g/mol. The second kappa shape index (κ2) is 4.76. The Morgan fingerprint density at radius 2 is 2.22 bits per heavy atom. The number of nitrogens with one attached hydrogen (secondary N) is 1. The molecule has 4 nitrogen and oxygen atoms in total. The van der Waals surface area contributed by atoms with Gasteiger partial charge in [-0.05, 0) is 31.4 Å². The predicted molar refractivity (Wildman–Crippen MR) is 70.7 cm³/mol. The first-order valence-corrected chi connectivity index (χ1v) is 6.77. The minimum absolute atomic E-state index is 0.100. The van der Waals surface area contributed by atoms with Crippen LogP contribution in [0.25, 0.3) is 0 Å². The molecule has 0 bridgehead atoms. The molecule has 96 valence electrons. The van der Waals surface area contributed by atoms with Gasteiger partial charge in [-0.15, -0.1) is 0 Å². The zero-order valence-electron chi connectivity index (χ0n) is 10.1. The molecular formula is C13H16ClN3O. The molecule has 3 rings (SSSR count). The third-order valence-corrected chi connectivity index (χ3v) is 3.74. The van der Waals surface area contributed by atoms with Crippen LogP contribution >= 0.6 is 11.6 Å². The Bertz CT molecular complexity index is 444. The lowest BCUT2D eigenvalue weighted by Crippen LogP contribution is -2.34. The van der Waals surface area contributed by atoms with Crippen molar-refractivity contribution in [2.75, 3.05) is 18.0 Å². The summed E-state index contributed by atoms with van der Waals surface area (Å²) in [5, 5.41) is 3.71. The molecule has 1 unspecified atom stereocenters. The van der Waals surface area contributed by atoms with Crippen LogP contribution in [0.3, 0.4) is 0 Å². The van der Waals surface area contributed by atoms with Gasteiger partial charge in [-0.3, -0.25) is 4.79 Å². The van der Waals surface area contributed by atoms with Crippen LogP contribution in [0.15, 0.2) is 18.3 Å². The van der Waals surface area contributed by atoms with Crippen LogP contribution in [0.1, 0.15) is 19.3 Å². The molecule has 1 aliphatic carbocycles. The number of aromatic nitrogens is 1. The summed E-state index contributed by atoms with van der Waals surface area (Å²) in [4.78, 5) is 18.4. The quantitative estimate of drug-likeness (QED) is 0.907. The molecule has 0 aromatic carbocycles. The third-order valence-electron chi connectivity index (χ3n) is 3.52. The normalized spacial score (nSPS) is 23.2. The van der Waals surface area contributed by atoms with Gasteiger partial charge in [0.2, 0.25) is 5.91 Å². The predicted octanol–water partition coefficient (Wildman–Crippen LogP) is 1.84. The SMILES string of the molecule is O=C(NC1CC1)C1CCN(c2ccc(Cl)cn2)C1. The van der Waals surface area contributed by atoms with Gasteiger partial charge in [0.1, 0.15) is 5.82 Å². The van der Waals surface area contributed by atoms with Crippen molar-refractivity contribution in [1.29, 1.82) is 0 Å². The summed E-state index contributed by atoms with van der Waals surface area (Å²) in [6.45, 7) is 1.64. The maximum absolute atomic E-state index is 11.9. The lowest BCUT2D eigenvalue weighted by atomic mass is 10.1. The van der Waals surface area contributed by atoms with Gasteiger partial charge in [-0.1, -0.05) is 11.6 Å². The van der Waals surface area contributed by atoms with Crippen LogP contribution in [0, 0.1) is 5.92 Å². The van der Waals surface area contributed by atoms with Crippen molar-refractivity contribution >= 4 is 23.3 Å². The number of rotatable bonds is 3. The summed E-state index contributed by atoms with van der Waals surface area (Å²) in [5.41, 5.74) is 0. The molecule has 1 amide bonds. The van der Waals surface area contributed by atoms with E-state index in [0.29, 0.717) is 11.1 Å². The van der Waals surface area contributed by atoms with Crippen molar-refractivity contribution < 1.29 is 4.79 Å². The van der Waals surface area contributed by atoms with E-state index in [-0.39, 0.29) is 11.8 Å². The van der Waals surface area contributed by atoms with Crippen molar-refractivity contribution in [3.8, 4) is 0 Å². The van der Waals surface area contributed by atoms with Gasteiger partial charge in [-0.25, -0.2) is 4.98 Å². The maximum Gasteiger partial charge on any atom is 0.225 e. The highest BCUT2D eigenvalue weighted by molar-refractivity contribution is 6.30. The number of carbonyl (C=O) groups is 1. The third kappa shape index (κ3) is 2.58. The fourth-order valence-corrected chi connectivity index (χ4v) is 2.40. The van der Waals surface area contributed by atoms with E-state index in [1.807, 2.05) is 12.1 Å². The Kier molecular flexibility index (Phi) is 3.12. The van der Waals surface area contributed by atoms with Crippen LogP contribution in [0.2, 0.25) is 5.02 Å². The number of halogens is 1. The summed E-state index contributed by atoms with van der Waals surface area (Å²) < 4.78 is 0. The highest BCUT2D eigenvalue weighted by Gasteiger charge is 2.32. The monoisotopic (exact) mass is 265 g/mol. The van der Waals surface area contributed by atoms with Crippen molar-refractivity contribution in [1.82, 2.24) is 10.3 Å². The van der Waals surface area contributed by atoms with E-state index >= 15 is 0 Å². The lowest BCUT2D eigenvalue weighted by molar-refractivity contribution is -0.124. The maximum atomic E-state index is 11.9. The first-order valence-electron chi connectivity index (χ1n) is 6.39. The van der Waals surface area contributed by atoms with Crippen molar-refractivity contribution in [2.45, 2.75) is 25.3 Å². The molecule has 2 aliphatic rings. The minimum Gasteiger partial charge on any atom is -0.356 e. The largest absolute Gasteiger partial charge is 0.356 e. The molecule has 1 aromatic rings. The molecule has 1 atom stereocenters. The van der Waals surface area contributed by atoms with Crippen molar-refractivity contribution in [3.05, 3.63) is 23.4 Å². The molecule has 1 saturated carbocycles. The Morgan fingerprint density at radius 3 is 2.89 bits per heavy atom. The molecule has 5 heteroatoms. The van der Waals surface area contributed by atoms with Crippen molar-refractivity contribution in [2.24, 2.45) is 5.92 Å².